The summed E-state index contributed by atoms with van der Waals surface area (Å²) in [6.07, 6.45) is 3.37. The number of hydrogen-bond acceptors (Lipinski definition) is 4. The van der Waals surface area contributed by atoms with Crippen LogP contribution in [0.1, 0.15) is 26.2 Å². The Balaban J connectivity index is 3.44. The molecule has 0 bridgehead atoms. The fraction of sp³-hybridized carbons (Fsp3) is 0.800. The molecular weight excluding hydrogens is 180 g/mol. The molecule has 0 saturated carbocycles. The van der Waals surface area contributed by atoms with Crippen molar-refractivity contribution >= 4 is 12.2 Å². The molecule has 1 unspecified atom stereocenters. The van der Waals surface area contributed by atoms with E-state index in [9.17, 15) is 4.79 Å². The second kappa shape index (κ2) is 7.50. The van der Waals surface area contributed by atoms with Gasteiger partial charge in [0.05, 0.1) is 0 Å². The standard InChI is InChI=1S/C10H20N2O2/c1-9(12(2)3)5-4-6-10(13)14-8-7-11/h7,9,11H,4-6,8H2,1-3H3. The van der Waals surface area contributed by atoms with Crippen molar-refractivity contribution in [1.29, 1.82) is 5.41 Å². The monoisotopic (exact) mass is 200 g/mol. The van der Waals surface area contributed by atoms with Gasteiger partial charge in [-0.15, -0.1) is 0 Å². The van der Waals surface area contributed by atoms with E-state index >= 15 is 0 Å². The van der Waals surface area contributed by atoms with Crippen LogP contribution in [0.2, 0.25) is 0 Å². The highest BCUT2D eigenvalue weighted by molar-refractivity contribution is 5.71. The lowest BCUT2D eigenvalue weighted by Gasteiger charge is -2.18. The largest absolute Gasteiger partial charge is 0.460 e. The van der Waals surface area contributed by atoms with E-state index in [1.807, 2.05) is 14.1 Å². The average Bonchev–Trinajstić information content (AvgIpc) is 2.14. The molecule has 4 nitrogen and oxygen atoms in total. The Labute approximate surface area is 85.7 Å². The lowest BCUT2D eigenvalue weighted by molar-refractivity contribution is -0.142. The van der Waals surface area contributed by atoms with Crippen molar-refractivity contribution in [3.8, 4) is 0 Å². The van der Waals surface area contributed by atoms with Crippen LogP contribution < -0.4 is 0 Å². The third kappa shape index (κ3) is 6.60. The van der Waals surface area contributed by atoms with Crippen LogP contribution >= 0.6 is 0 Å². The number of carbonyl (C=O) groups is 1. The number of carbonyl (C=O) groups excluding carboxylic acids is 1. The minimum atomic E-state index is -0.209. The van der Waals surface area contributed by atoms with E-state index in [0.29, 0.717) is 12.5 Å². The molecule has 0 heterocycles. The average molecular weight is 200 g/mol. The predicted octanol–water partition coefficient (Wildman–Crippen LogP) is 1.30. The van der Waals surface area contributed by atoms with Crippen LogP contribution in [0.5, 0.6) is 0 Å². The molecule has 0 amide bonds. The summed E-state index contributed by atoms with van der Waals surface area (Å²) in [4.78, 5) is 13.1. The Bertz CT molecular complexity index is 181. The summed E-state index contributed by atoms with van der Waals surface area (Å²) in [5, 5.41) is 6.69. The number of nitrogens with one attached hydrogen (secondary N) is 1. The van der Waals surface area contributed by atoms with E-state index in [1.54, 1.807) is 0 Å². The third-order valence-electron chi connectivity index (χ3n) is 2.21. The summed E-state index contributed by atoms with van der Waals surface area (Å²) in [6.45, 7) is 2.23. The first-order chi connectivity index (χ1) is 6.57. The van der Waals surface area contributed by atoms with Crippen molar-refractivity contribution in [2.45, 2.75) is 32.2 Å². The molecule has 1 N–H and O–H groups in total. The molecule has 0 aromatic rings. The second-order valence-electron chi connectivity index (χ2n) is 3.59. The molecule has 0 rings (SSSR count). The fourth-order valence-corrected chi connectivity index (χ4v) is 1.01. The zero-order valence-electron chi connectivity index (χ0n) is 9.25. The first-order valence-corrected chi connectivity index (χ1v) is 4.89. The van der Waals surface area contributed by atoms with E-state index in [0.717, 1.165) is 19.1 Å². The highest BCUT2D eigenvalue weighted by atomic mass is 16.5. The number of esters is 1. The first kappa shape index (κ1) is 13.1. The Kier molecular flexibility index (Phi) is 7.02. The maximum absolute atomic E-state index is 11.0. The maximum Gasteiger partial charge on any atom is 0.306 e. The highest BCUT2D eigenvalue weighted by Crippen LogP contribution is 2.05. The first-order valence-electron chi connectivity index (χ1n) is 4.89. The summed E-state index contributed by atoms with van der Waals surface area (Å²) in [6, 6.07) is 0.491. The molecule has 1 atom stereocenters. The van der Waals surface area contributed by atoms with Crippen molar-refractivity contribution in [2.75, 3.05) is 20.7 Å². The molecule has 0 spiro atoms. The van der Waals surface area contributed by atoms with Gasteiger partial charge in [0.1, 0.15) is 6.61 Å². The van der Waals surface area contributed by atoms with Crippen LogP contribution in [0.3, 0.4) is 0 Å². The highest BCUT2D eigenvalue weighted by Gasteiger charge is 2.06. The van der Waals surface area contributed by atoms with Gasteiger partial charge < -0.3 is 15.0 Å². The normalized spacial score (nSPS) is 12.6. The number of nitrogens with zero attached hydrogens (tertiary/aromatic N) is 1. The van der Waals surface area contributed by atoms with Gasteiger partial charge in [-0.3, -0.25) is 4.79 Å². The van der Waals surface area contributed by atoms with E-state index in [1.165, 1.54) is 0 Å². The minimum Gasteiger partial charge on any atom is -0.460 e. The fourth-order valence-electron chi connectivity index (χ4n) is 1.01. The molecule has 0 aromatic heterocycles. The second-order valence-corrected chi connectivity index (χ2v) is 3.59. The van der Waals surface area contributed by atoms with Gasteiger partial charge in [0.25, 0.3) is 0 Å². The molecular formula is C10H20N2O2. The van der Waals surface area contributed by atoms with E-state index in [4.69, 9.17) is 10.1 Å². The summed E-state index contributed by atoms with van der Waals surface area (Å²) in [5.74, 6) is -0.209. The van der Waals surface area contributed by atoms with Gasteiger partial charge in [0.15, 0.2) is 0 Å². The van der Waals surface area contributed by atoms with E-state index in [-0.39, 0.29) is 12.6 Å². The zero-order chi connectivity index (χ0) is 11.0. The van der Waals surface area contributed by atoms with Gasteiger partial charge in [-0.05, 0) is 33.9 Å². The van der Waals surface area contributed by atoms with Gasteiger partial charge in [-0.2, -0.15) is 0 Å². The number of ether oxygens (including phenoxy) is 1. The Morgan fingerprint density at radius 1 is 1.57 bits per heavy atom. The van der Waals surface area contributed by atoms with Crippen LogP contribution in [0, 0.1) is 5.41 Å². The van der Waals surface area contributed by atoms with E-state index < -0.39 is 0 Å². The van der Waals surface area contributed by atoms with Crippen LogP contribution in [0.15, 0.2) is 0 Å². The quantitative estimate of drug-likeness (QED) is 0.498. The summed E-state index contributed by atoms with van der Waals surface area (Å²) in [5.41, 5.74) is 0. The van der Waals surface area contributed by atoms with Crippen molar-refractivity contribution in [2.24, 2.45) is 0 Å². The molecule has 0 aliphatic rings. The third-order valence-corrected chi connectivity index (χ3v) is 2.21. The lowest BCUT2D eigenvalue weighted by Crippen LogP contribution is -2.24. The molecule has 4 heteroatoms. The summed E-state index contributed by atoms with van der Waals surface area (Å²) >= 11 is 0. The van der Waals surface area contributed by atoms with Gasteiger partial charge in [-0.25, -0.2) is 0 Å². The van der Waals surface area contributed by atoms with E-state index in [2.05, 4.69) is 11.8 Å². The summed E-state index contributed by atoms with van der Waals surface area (Å²) < 4.78 is 4.74. The molecule has 82 valence electrons. The lowest BCUT2D eigenvalue weighted by atomic mass is 10.1. The number of rotatable bonds is 7. The molecule has 0 aromatic carbocycles. The molecule has 14 heavy (non-hydrogen) atoms. The maximum atomic E-state index is 11.0. The predicted molar refractivity (Wildman–Crippen MR) is 56.7 cm³/mol. The van der Waals surface area contributed by atoms with Gasteiger partial charge >= 0.3 is 5.97 Å². The van der Waals surface area contributed by atoms with Crippen LogP contribution in [0.4, 0.5) is 0 Å². The summed E-state index contributed by atoms with van der Waals surface area (Å²) in [7, 11) is 4.05. The Morgan fingerprint density at radius 3 is 2.71 bits per heavy atom. The van der Waals surface area contributed by atoms with Gasteiger partial charge in [0, 0.05) is 18.7 Å². The topological polar surface area (TPSA) is 53.4 Å². The van der Waals surface area contributed by atoms with Crippen molar-refractivity contribution in [3.63, 3.8) is 0 Å². The molecule has 0 saturated heterocycles. The molecule has 0 radical (unpaired) electrons. The van der Waals surface area contributed by atoms with Gasteiger partial charge in [-0.1, -0.05) is 0 Å². The molecule has 0 fully saturated rings. The number of hydrogen-bond donors (Lipinski definition) is 1. The van der Waals surface area contributed by atoms with Gasteiger partial charge in [0.2, 0.25) is 0 Å². The van der Waals surface area contributed by atoms with Crippen LogP contribution in [-0.4, -0.2) is 43.8 Å². The van der Waals surface area contributed by atoms with Crippen LogP contribution in [-0.2, 0) is 9.53 Å². The van der Waals surface area contributed by atoms with Crippen molar-refractivity contribution < 1.29 is 9.53 Å². The zero-order valence-corrected chi connectivity index (χ0v) is 9.25. The Morgan fingerprint density at radius 2 is 2.21 bits per heavy atom. The SMILES string of the molecule is CC(CCCC(=O)OCC=N)N(C)C. The smallest absolute Gasteiger partial charge is 0.306 e. The van der Waals surface area contributed by atoms with Crippen molar-refractivity contribution in [3.05, 3.63) is 0 Å². The minimum absolute atomic E-state index is 0.0993. The van der Waals surface area contributed by atoms with Crippen LogP contribution in [0.25, 0.3) is 0 Å². The Hall–Kier alpha value is -0.900. The molecule has 0 aliphatic carbocycles. The van der Waals surface area contributed by atoms with Crippen molar-refractivity contribution in [1.82, 2.24) is 4.90 Å². The molecule has 0 aliphatic heterocycles.